The molecule has 0 heterocycles. The summed E-state index contributed by atoms with van der Waals surface area (Å²) in [7, 11) is 0. The van der Waals surface area contributed by atoms with E-state index >= 15 is 0 Å². The van der Waals surface area contributed by atoms with E-state index in [0.717, 1.165) is 12.8 Å². The predicted molar refractivity (Wildman–Crippen MR) is 52.4 cm³/mol. The van der Waals surface area contributed by atoms with Crippen LogP contribution in [0.1, 0.15) is 39.0 Å². The molecule has 0 amide bonds. The Hall–Kier alpha value is -0.520. The third-order valence-electron chi connectivity index (χ3n) is 1.51. The molecule has 0 rings (SSSR count). The van der Waals surface area contributed by atoms with Crippen LogP contribution in [0.25, 0.3) is 0 Å². The van der Waals surface area contributed by atoms with Gasteiger partial charge in [0.25, 0.3) is 0 Å². The van der Waals surface area contributed by atoms with Crippen molar-refractivity contribution in [1.29, 1.82) is 0 Å². The van der Waals surface area contributed by atoms with Crippen molar-refractivity contribution in [2.75, 3.05) is 0 Å². The van der Waals surface area contributed by atoms with Crippen LogP contribution in [0.3, 0.4) is 0 Å². The molecule has 0 bridgehead atoms. The summed E-state index contributed by atoms with van der Waals surface area (Å²) < 4.78 is 0. The minimum atomic E-state index is 1.02. The van der Waals surface area contributed by atoms with Gasteiger partial charge in [-0.15, -0.1) is 0 Å². The number of unbranched alkanes of at least 4 members (excludes halogenated alkanes) is 3. The average Bonchev–Trinajstić information content (AvgIpc) is 2.03. The first-order valence-electron chi connectivity index (χ1n) is 4.47. The van der Waals surface area contributed by atoms with Crippen molar-refractivity contribution in [3.8, 4) is 0 Å². The van der Waals surface area contributed by atoms with Crippen molar-refractivity contribution in [3.63, 3.8) is 0 Å². The van der Waals surface area contributed by atoms with Gasteiger partial charge in [-0.05, 0) is 39.0 Å². The van der Waals surface area contributed by atoms with Crippen LogP contribution in [0.2, 0.25) is 0 Å². The summed E-state index contributed by atoms with van der Waals surface area (Å²) in [5.41, 5.74) is 0. The van der Waals surface area contributed by atoms with Gasteiger partial charge in [-0.25, -0.2) is 0 Å². The summed E-state index contributed by atoms with van der Waals surface area (Å²) in [5, 5.41) is 0. The topological polar surface area (TPSA) is 0 Å². The van der Waals surface area contributed by atoms with Gasteiger partial charge in [0.2, 0.25) is 0 Å². The first-order valence-corrected chi connectivity index (χ1v) is 4.47. The summed E-state index contributed by atoms with van der Waals surface area (Å²) in [4.78, 5) is 0. The monoisotopic (exact) mass is 151 g/mol. The summed E-state index contributed by atoms with van der Waals surface area (Å²) >= 11 is 0. The van der Waals surface area contributed by atoms with Gasteiger partial charge in [0.15, 0.2) is 0 Å². The van der Waals surface area contributed by atoms with E-state index < -0.39 is 0 Å². The van der Waals surface area contributed by atoms with Crippen LogP contribution in [0.15, 0.2) is 24.3 Å². The second kappa shape index (κ2) is 9.48. The molecule has 0 atom stereocenters. The molecule has 0 N–H and O–H groups in total. The van der Waals surface area contributed by atoms with E-state index in [1.807, 2.05) is 0 Å². The van der Waals surface area contributed by atoms with Gasteiger partial charge in [0.05, 0.1) is 0 Å². The first-order chi connectivity index (χ1) is 5.41. The fourth-order valence-electron chi connectivity index (χ4n) is 0.874. The van der Waals surface area contributed by atoms with E-state index in [-0.39, 0.29) is 0 Å². The number of rotatable bonds is 6. The quantitative estimate of drug-likeness (QED) is 0.399. The Morgan fingerprint density at radius 3 is 2.27 bits per heavy atom. The maximum atomic E-state index is 3.77. The Bertz CT molecular complexity index is 109. The van der Waals surface area contributed by atoms with Crippen LogP contribution < -0.4 is 0 Å². The average molecular weight is 151 g/mol. The highest BCUT2D eigenvalue weighted by Gasteiger charge is 1.79. The van der Waals surface area contributed by atoms with Gasteiger partial charge in [-0.2, -0.15) is 0 Å². The molecule has 0 nitrogen and oxygen atoms in total. The molecule has 0 unspecified atom stereocenters. The minimum absolute atomic E-state index is 1.02. The van der Waals surface area contributed by atoms with Crippen molar-refractivity contribution in [2.45, 2.75) is 39.0 Å². The highest BCUT2D eigenvalue weighted by molar-refractivity contribution is 4.83. The molecule has 0 aliphatic heterocycles. The van der Waals surface area contributed by atoms with Crippen molar-refractivity contribution < 1.29 is 0 Å². The lowest BCUT2D eigenvalue weighted by atomic mass is 10.2. The van der Waals surface area contributed by atoms with E-state index in [2.05, 4.69) is 38.2 Å². The largest absolute Gasteiger partial charge is 0.0917 e. The summed E-state index contributed by atoms with van der Waals surface area (Å²) in [6, 6.07) is 0. The Kier molecular flexibility index (Phi) is 9.03. The normalized spacial score (nSPS) is 11.8. The third-order valence-corrected chi connectivity index (χ3v) is 1.51. The van der Waals surface area contributed by atoms with E-state index in [0.29, 0.717) is 0 Å². The van der Waals surface area contributed by atoms with Gasteiger partial charge < -0.3 is 0 Å². The molecule has 0 aromatic carbocycles. The molecule has 0 saturated heterocycles. The van der Waals surface area contributed by atoms with E-state index in [1.54, 1.807) is 0 Å². The molecule has 0 aromatic heterocycles. The second-order valence-electron chi connectivity index (χ2n) is 2.61. The molecule has 0 aromatic rings. The zero-order valence-electron chi connectivity index (χ0n) is 7.55. The van der Waals surface area contributed by atoms with Crippen molar-refractivity contribution in [1.82, 2.24) is 0 Å². The summed E-state index contributed by atoms with van der Waals surface area (Å²) in [6.07, 6.45) is 14.7. The fraction of sp³-hybridized carbons (Fsp3) is 0.545. The lowest BCUT2D eigenvalue weighted by Crippen LogP contribution is -1.69. The van der Waals surface area contributed by atoms with Gasteiger partial charge in [0.1, 0.15) is 0 Å². The van der Waals surface area contributed by atoms with Crippen LogP contribution >= 0.6 is 0 Å². The molecular weight excluding hydrogens is 132 g/mol. The Labute approximate surface area is 71.0 Å². The highest BCUT2D eigenvalue weighted by Crippen LogP contribution is 1.99. The SMILES string of the molecule is [CH2]CCC=CCCCC=CC. The van der Waals surface area contributed by atoms with Crippen LogP contribution in [0.5, 0.6) is 0 Å². The second-order valence-corrected chi connectivity index (χ2v) is 2.61. The van der Waals surface area contributed by atoms with Crippen molar-refractivity contribution in [2.24, 2.45) is 0 Å². The Balaban J connectivity index is 3.00. The van der Waals surface area contributed by atoms with E-state index in [4.69, 9.17) is 0 Å². The fourth-order valence-corrected chi connectivity index (χ4v) is 0.874. The molecule has 0 fully saturated rings. The van der Waals surface area contributed by atoms with Crippen LogP contribution in [0, 0.1) is 6.92 Å². The molecule has 0 aliphatic rings. The van der Waals surface area contributed by atoms with E-state index in [1.165, 1.54) is 19.3 Å². The van der Waals surface area contributed by atoms with Gasteiger partial charge >= 0.3 is 0 Å². The van der Waals surface area contributed by atoms with Gasteiger partial charge in [-0.3, -0.25) is 0 Å². The number of hydrogen-bond acceptors (Lipinski definition) is 0. The molecular formula is C11H19. The molecule has 0 saturated carbocycles. The maximum Gasteiger partial charge on any atom is -0.0348 e. The van der Waals surface area contributed by atoms with E-state index in [9.17, 15) is 0 Å². The third kappa shape index (κ3) is 9.48. The zero-order valence-corrected chi connectivity index (χ0v) is 7.55. The van der Waals surface area contributed by atoms with Crippen LogP contribution in [-0.2, 0) is 0 Å². The molecule has 1 radical (unpaired) electrons. The highest BCUT2D eigenvalue weighted by atomic mass is 13.9. The molecule has 0 spiro atoms. The molecule has 0 heteroatoms. The van der Waals surface area contributed by atoms with Gasteiger partial charge in [0, 0.05) is 0 Å². The molecule has 63 valence electrons. The predicted octanol–water partition coefficient (Wildman–Crippen LogP) is 3.90. The number of hydrogen-bond donors (Lipinski definition) is 0. The van der Waals surface area contributed by atoms with Crippen LogP contribution in [0.4, 0.5) is 0 Å². The maximum absolute atomic E-state index is 3.77. The summed E-state index contributed by atoms with van der Waals surface area (Å²) in [5.74, 6) is 0. The minimum Gasteiger partial charge on any atom is -0.0917 e. The first kappa shape index (κ1) is 10.5. The smallest absolute Gasteiger partial charge is 0.0348 e. The van der Waals surface area contributed by atoms with Crippen molar-refractivity contribution in [3.05, 3.63) is 31.2 Å². The van der Waals surface area contributed by atoms with Gasteiger partial charge in [-0.1, -0.05) is 31.2 Å². The standard InChI is InChI=1S/C11H19/c1-3-5-7-9-11-10-8-6-4-2/h4,6-7,9H,1,3,5,8,10-11H2,2H3. The summed E-state index contributed by atoms with van der Waals surface area (Å²) in [6.45, 7) is 5.84. The lowest BCUT2D eigenvalue weighted by Gasteiger charge is -1.89. The Morgan fingerprint density at radius 2 is 1.64 bits per heavy atom. The molecule has 0 aliphatic carbocycles. The molecule has 11 heavy (non-hydrogen) atoms. The lowest BCUT2D eigenvalue weighted by molar-refractivity contribution is 0.861. The number of allylic oxidation sites excluding steroid dienone is 4. The zero-order chi connectivity index (χ0) is 8.36. The van der Waals surface area contributed by atoms with Crippen molar-refractivity contribution >= 4 is 0 Å². The van der Waals surface area contributed by atoms with Crippen LogP contribution in [-0.4, -0.2) is 0 Å². The Morgan fingerprint density at radius 1 is 1.00 bits per heavy atom.